The van der Waals surface area contributed by atoms with Gasteiger partial charge in [-0.1, -0.05) is 0 Å². The summed E-state index contributed by atoms with van der Waals surface area (Å²) in [6.07, 6.45) is -4.48. The molecule has 0 bridgehead atoms. The van der Waals surface area contributed by atoms with Crippen molar-refractivity contribution in [1.82, 2.24) is 9.97 Å². The van der Waals surface area contributed by atoms with Crippen LogP contribution in [-0.2, 0) is 0 Å². The van der Waals surface area contributed by atoms with E-state index in [1.165, 1.54) is 25.3 Å². The van der Waals surface area contributed by atoms with Gasteiger partial charge in [-0.2, -0.15) is 23.4 Å². The Hall–Kier alpha value is -3.22. The normalized spacial score (nSPS) is 11.0. The van der Waals surface area contributed by atoms with Gasteiger partial charge in [0.15, 0.2) is 18.1 Å². The van der Waals surface area contributed by atoms with Gasteiger partial charge in [0.1, 0.15) is 17.5 Å². The first-order valence-electron chi connectivity index (χ1n) is 6.46. The molecule has 0 unspecified atom stereocenters. The van der Waals surface area contributed by atoms with E-state index in [1.807, 2.05) is 6.07 Å². The maximum absolute atomic E-state index is 12.3. The van der Waals surface area contributed by atoms with Gasteiger partial charge in [-0.3, -0.25) is 0 Å². The van der Waals surface area contributed by atoms with Crippen molar-refractivity contribution in [3.05, 3.63) is 23.8 Å². The number of anilines is 2. The number of nitriles is 1. The molecule has 0 fully saturated rings. The van der Waals surface area contributed by atoms with Gasteiger partial charge in [0.25, 0.3) is 0 Å². The van der Waals surface area contributed by atoms with Crippen LogP contribution in [0.3, 0.4) is 0 Å². The zero-order valence-electron chi connectivity index (χ0n) is 12.4. The molecule has 0 aliphatic rings. The van der Waals surface area contributed by atoms with Crippen LogP contribution in [-0.4, -0.2) is 29.9 Å². The Balaban J connectivity index is 2.46. The zero-order valence-corrected chi connectivity index (χ0v) is 12.4. The third-order valence-corrected chi connectivity index (χ3v) is 2.89. The van der Waals surface area contributed by atoms with Gasteiger partial charge in [0.2, 0.25) is 5.95 Å². The Bertz CT molecular complexity index is 802. The minimum Gasteiger partial charge on any atom is -0.493 e. The summed E-state index contributed by atoms with van der Waals surface area (Å²) in [7, 11) is 1.27. The lowest BCUT2D eigenvalue weighted by molar-refractivity contribution is -0.153. The van der Waals surface area contributed by atoms with E-state index in [9.17, 15) is 18.4 Å². The molecule has 1 aromatic heterocycles. The highest BCUT2D eigenvalue weighted by Gasteiger charge is 2.29. The van der Waals surface area contributed by atoms with Crippen molar-refractivity contribution >= 4 is 11.8 Å². The predicted octanol–water partition coefficient (Wildman–Crippen LogP) is 2.13. The van der Waals surface area contributed by atoms with Crippen molar-refractivity contribution in [2.24, 2.45) is 0 Å². The van der Waals surface area contributed by atoms with Gasteiger partial charge in [0.05, 0.1) is 12.8 Å². The van der Waals surface area contributed by atoms with Crippen LogP contribution in [0.2, 0.25) is 0 Å². The average molecular weight is 339 g/mol. The van der Waals surface area contributed by atoms with E-state index in [1.54, 1.807) is 0 Å². The van der Waals surface area contributed by atoms with Crippen molar-refractivity contribution in [1.29, 1.82) is 5.26 Å². The van der Waals surface area contributed by atoms with Gasteiger partial charge in [0, 0.05) is 5.56 Å². The van der Waals surface area contributed by atoms with Crippen LogP contribution in [0.4, 0.5) is 24.9 Å². The lowest BCUT2D eigenvalue weighted by Gasteiger charge is -2.14. The fraction of sp³-hybridized carbons (Fsp3) is 0.214. The number of hydrogen-bond donors (Lipinski definition) is 2. The molecule has 126 valence electrons. The Labute approximate surface area is 134 Å². The molecular formula is C14H12F3N5O2. The molecule has 2 aromatic rings. The number of hydrogen-bond acceptors (Lipinski definition) is 7. The first kappa shape index (κ1) is 17.1. The van der Waals surface area contributed by atoms with Gasteiger partial charge in [-0.15, -0.1) is 0 Å². The minimum absolute atomic E-state index is 0.00443. The molecule has 10 heteroatoms. The molecule has 0 spiro atoms. The van der Waals surface area contributed by atoms with E-state index < -0.39 is 12.8 Å². The Kier molecular flexibility index (Phi) is 4.64. The number of nitrogens with two attached hydrogens (primary N) is 2. The second-order valence-electron chi connectivity index (χ2n) is 4.57. The lowest BCUT2D eigenvalue weighted by Crippen LogP contribution is -2.19. The summed E-state index contributed by atoms with van der Waals surface area (Å²) >= 11 is 0. The molecule has 0 radical (unpaired) electrons. The molecular weight excluding hydrogens is 327 g/mol. The predicted molar refractivity (Wildman–Crippen MR) is 79.1 cm³/mol. The summed E-state index contributed by atoms with van der Waals surface area (Å²) in [6.45, 7) is -1.46. The Morgan fingerprint density at radius 1 is 1.21 bits per heavy atom. The standard InChI is InChI=1S/C14H12F3N5O2/c1-23-10-4-7(2-3-9(10)24-6-14(15,16)17)11-8(5-18)12(19)22-13(20)21-11/h2-4H,6H2,1H3,(H4,19,20,21,22). The second-order valence-corrected chi connectivity index (χ2v) is 4.57. The smallest absolute Gasteiger partial charge is 0.422 e. The van der Waals surface area contributed by atoms with Gasteiger partial charge in [-0.05, 0) is 18.2 Å². The monoisotopic (exact) mass is 339 g/mol. The van der Waals surface area contributed by atoms with Crippen LogP contribution in [0.15, 0.2) is 18.2 Å². The number of ether oxygens (including phenoxy) is 2. The zero-order chi connectivity index (χ0) is 17.9. The molecule has 0 atom stereocenters. The van der Waals surface area contributed by atoms with E-state index in [2.05, 4.69) is 9.97 Å². The van der Waals surface area contributed by atoms with Crippen LogP contribution in [0.25, 0.3) is 11.3 Å². The summed E-state index contributed by atoms with van der Waals surface area (Å²) in [5.41, 5.74) is 11.7. The van der Waals surface area contributed by atoms with E-state index in [0.29, 0.717) is 5.56 Å². The van der Waals surface area contributed by atoms with E-state index in [4.69, 9.17) is 20.9 Å². The van der Waals surface area contributed by atoms with Gasteiger partial charge >= 0.3 is 6.18 Å². The van der Waals surface area contributed by atoms with Crippen molar-refractivity contribution in [2.45, 2.75) is 6.18 Å². The first-order chi connectivity index (χ1) is 11.2. The number of nitrogens with zero attached hydrogens (tertiary/aromatic N) is 3. The van der Waals surface area contributed by atoms with Crippen molar-refractivity contribution in [3.8, 4) is 28.8 Å². The fourth-order valence-electron chi connectivity index (χ4n) is 1.91. The molecule has 0 amide bonds. The highest BCUT2D eigenvalue weighted by molar-refractivity contribution is 5.74. The molecule has 7 nitrogen and oxygen atoms in total. The number of nitrogen functional groups attached to an aromatic ring is 2. The summed E-state index contributed by atoms with van der Waals surface area (Å²) < 4.78 is 46.5. The molecule has 1 aromatic carbocycles. The van der Waals surface area contributed by atoms with Crippen molar-refractivity contribution in [3.63, 3.8) is 0 Å². The van der Waals surface area contributed by atoms with E-state index in [-0.39, 0.29) is 34.5 Å². The number of benzene rings is 1. The molecule has 24 heavy (non-hydrogen) atoms. The maximum atomic E-state index is 12.3. The number of methoxy groups -OCH3 is 1. The van der Waals surface area contributed by atoms with Crippen LogP contribution >= 0.6 is 0 Å². The van der Waals surface area contributed by atoms with E-state index >= 15 is 0 Å². The summed E-state index contributed by atoms with van der Waals surface area (Å²) in [4.78, 5) is 7.64. The molecule has 2 rings (SSSR count). The quantitative estimate of drug-likeness (QED) is 0.875. The molecule has 0 aliphatic heterocycles. The Morgan fingerprint density at radius 3 is 2.50 bits per heavy atom. The molecule has 0 aliphatic carbocycles. The van der Waals surface area contributed by atoms with Gasteiger partial charge < -0.3 is 20.9 Å². The highest BCUT2D eigenvalue weighted by atomic mass is 19.4. The van der Waals surface area contributed by atoms with Crippen molar-refractivity contribution < 1.29 is 22.6 Å². The first-order valence-corrected chi connectivity index (χ1v) is 6.46. The number of aromatic nitrogens is 2. The SMILES string of the molecule is COc1cc(-c2nc(N)nc(N)c2C#N)ccc1OCC(F)(F)F. The molecule has 0 saturated heterocycles. The minimum atomic E-state index is -4.48. The Morgan fingerprint density at radius 2 is 1.92 bits per heavy atom. The highest BCUT2D eigenvalue weighted by Crippen LogP contribution is 2.34. The third-order valence-electron chi connectivity index (χ3n) is 2.89. The maximum Gasteiger partial charge on any atom is 0.422 e. The number of halogens is 3. The third kappa shape index (κ3) is 3.75. The number of rotatable bonds is 4. The van der Waals surface area contributed by atoms with Gasteiger partial charge in [-0.25, -0.2) is 4.98 Å². The van der Waals surface area contributed by atoms with Crippen LogP contribution in [0, 0.1) is 11.3 Å². The summed E-state index contributed by atoms with van der Waals surface area (Å²) in [5, 5.41) is 9.17. The average Bonchev–Trinajstić information content (AvgIpc) is 2.51. The fourth-order valence-corrected chi connectivity index (χ4v) is 1.91. The summed E-state index contributed by atoms with van der Waals surface area (Å²) in [6, 6.07) is 5.92. The second kappa shape index (κ2) is 6.49. The van der Waals surface area contributed by atoms with Crippen LogP contribution in [0.1, 0.15) is 5.56 Å². The van der Waals surface area contributed by atoms with E-state index in [0.717, 1.165) is 0 Å². The molecule has 4 N–H and O–H groups in total. The van der Waals surface area contributed by atoms with Crippen LogP contribution in [0.5, 0.6) is 11.5 Å². The summed E-state index contributed by atoms with van der Waals surface area (Å²) in [5.74, 6) is -0.308. The van der Waals surface area contributed by atoms with Crippen molar-refractivity contribution in [2.75, 3.05) is 25.2 Å². The largest absolute Gasteiger partial charge is 0.493 e. The lowest BCUT2D eigenvalue weighted by atomic mass is 10.1. The number of alkyl halides is 3. The molecule has 1 heterocycles. The topological polar surface area (TPSA) is 120 Å². The van der Waals surface area contributed by atoms with Crippen LogP contribution < -0.4 is 20.9 Å². The molecule has 0 saturated carbocycles.